The van der Waals surface area contributed by atoms with Crippen LogP contribution in [0.25, 0.3) is 0 Å². The molecule has 0 bridgehead atoms. The molecular formula is C50H72. The Hall–Kier alpha value is -3.38. The van der Waals surface area contributed by atoms with Crippen molar-refractivity contribution in [2.45, 2.75) is 123 Å². The zero-order valence-corrected chi connectivity index (χ0v) is 34.5. The van der Waals surface area contributed by atoms with Gasteiger partial charge >= 0.3 is 0 Å². The summed E-state index contributed by atoms with van der Waals surface area (Å²) in [6.45, 7) is 31.9. The van der Waals surface area contributed by atoms with Gasteiger partial charge in [-0.05, 0) is 118 Å². The predicted octanol–water partition coefficient (Wildman–Crippen LogP) is 15.5. The summed E-state index contributed by atoms with van der Waals surface area (Å²) in [6, 6.07) is 0. The Kier molecular flexibility index (Phi) is 17.5. The van der Waals surface area contributed by atoms with Crippen molar-refractivity contribution in [3.63, 3.8) is 0 Å². The fraction of sp³-hybridized carbons (Fsp3) is 0.480. The molecular weight excluding hydrogens is 601 g/mol. The Morgan fingerprint density at radius 3 is 1.18 bits per heavy atom. The third kappa shape index (κ3) is 14.1. The second-order valence-corrected chi connectivity index (χ2v) is 16.9. The molecule has 0 spiro atoms. The van der Waals surface area contributed by atoms with E-state index in [0.717, 1.165) is 12.8 Å². The molecule has 0 aromatic rings. The van der Waals surface area contributed by atoms with Gasteiger partial charge in [-0.25, -0.2) is 0 Å². The average Bonchev–Trinajstić information content (AvgIpc) is 3.01. The van der Waals surface area contributed by atoms with Crippen molar-refractivity contribution in [2.75, 3.05) is 0 Å². The summed E-state index contributed by atoms with van der Waals surface area (Å²) in [5, 5.41) is 0. The molecule has 0 nitrogen and oxygen atoms in total. The number of allylic oxidation sites excluding steroid dienone is 26. The number of rotatable bonds is 14. The molecule has 0 saturated heterocycles. The molecule has 2 aliphatic carbocycles. The van der Waals surface area contributed by atoms with E-state index in [4.69, 9.17) is 0 Å². The Morgan fingerprint density at radius 2 is 0.840 bits per heavy atom. The predicted molar refractivity (Wildman–Crippen MR) is 227 cm³/mol. The molecule has 2 aliphatic rings. The first kappa shape index (κ1) is 42.8. The van der Waals surface area contributed by atoms with Crippen LogP contribution in [-0.4, -0.2) is 0 Å². The highest BCUT2D eigenvalue weighted by atomic mass is 14.4. The minimum absolute atomic E-state index is 0.248. The third-order valence-electron chi connectivity index (χ3n) is 11.1. The molecule has 4 atom stereocenters. The van der Waals surface area contributed by atoms with Crippen molar-refractivity contribution in [2.24, 2.45) is 34.5 Å². The summed E-state index contributed by atoms with van der Waals surface area (Å²) in [4.78, 5) is 0. The van der Waals surface area contributed by atoms with E-state index in [1.165, 1.54) is 57.4 Å². The standard InChI is InChI=1S/C50H72/c1-37(2)25-31-45-33-29-43(9)47(49(45,11)12)35-27-41(7)23-17-21-39(5)19-15-16-20-40(6)22-18-24-42(8)28-36-48-44(10)30-34-46(50(48,13)14)32-26-38(3)4/h15-30,35-36,45-48H,31-34H2,1-14H3. The SMILES string of the molecule is CC(C)=CCC1CC=C(C)C(C=CC(C)=CC=CC(C)=CC=CC=C(C)C=CC=C(C)C=CC2C(C)=CCC(CC=C(C)C)C2(C)C)C1(C)C. The van der Waals surface area contributed by atoms with Gasteiger partial charge in [-0.2, -0.15) is 0 Å². The van der Waals surface area contributed by atoms with E-state index in [1.807, 2.05) is 0 Å². The lowest BCUT2D eigenvalue weighted by molar-refractivity contribution is 0.154. The number of hydrogen-bond donors (Lipinski definition) is 0. The molecule has 0 aromatic heterocycles. The highest BCUT2D eigenvalue weighted by Gasteiger charge is 2.39. The highest BCUT2D eigenvalue weighted by Crippen LogP contribution is 2.48. The lowest BCUT2D eigenvalue weighted by Gasteiger charge is -2.43. The van der Waals surface area contributed by atoms with Gasteiger partial charge in [-0.1, -0.05) is 182 Å². The smallest absolute Gasteiger partial charge is 0.00313 e. The van der Waals surface area contributed by atoms with Gasteiger partial charge < -0.3 is 0 Å². The molecule has 4 unspecified atom stereocenters. The molecule has 2 rings (SSSR count). The van der Waals surface area contributed by atoms with Crippen LogP contribution in [0.1, 0.15) is 123 Å². The van der Waals surface area contributed by atoms with Crippen LogP contribution < -0.4 is 0 Å². The van der Waals surface area contributed by atoms with Crippen molar-refractivity contribution in [1.29, 1.82) is 0 Å². The first-order valence-electron chi connectivity index (χ1n) is 19.1. The van der Waals surface area contributed by atoms with Gasteiger partial charge in [-0.3, -0.25) is 0 Å². The van der Waals surface area contributed by atoms with Gasteiger partial charge in [0.25, 0.3) is 0 Å². The second kappa shape index (κ2) is 20.5. The highest BCUT2D eigenvalue weighted by molar-refractivity contribution is 5.33. The van der Waals surface area contributed by atoms with E-state index in [-0.39, 0.29) is 10.8 Å². The summed E-state index contributed by atoms with van der Waals surface area (Å²) in [5.74, 6) is 2.30. The molecule has 0 saturated carbocycles. The Bertz CT molecular complexity index is 1410. The van der Waals surface area contributed by atoms with Gasteiger partial charge in [0, 0.05) is 11.8 Å². The lowest BCUT2D eigenvalue weighted by atomic mass is 9.61. The van der Waals surface area contributed by atoms with E-state index < -0.39 is 0 Å². The fourth-order valence-electron chi connectivity index (χ4n) is 7.39. The lowest BCUT2D eigenvalue weighted by Crippen LogP contribution is -2.35. The monoisotopic (exact) mass is 673 g/mol. The van der Waals surface area contributed by atoms with Gasteiger partial charge in [0.2, 0.25) is 0 Å². The van der Waals surface area contributed by atoms with E-state index >= 15 is 0 Å². The second-order valence-electron chi connectivity index (χ2n) is 16.9. The van der Waals surface area contributed by atoms with Crippen LogP contribution >= 0.6 is 0 Å². The largest absolute Gasteiger partial charge is 0.0856 e. The molecule has 0 amide bonds. The minimum atomic E-state index is 0.248. The van der Waals surface area contributed by atoms with Crippen LogP contribution in [0.3, 0.4) is 0 Å². The van der Waals surface area contributed by atoms with E-state index in [2.05, 4.69) is 206 Å². The summed E-state index contributed by atoms with van der Waals surface area (Å²) in [6.07, 6.45) is 45.6. The van der Waals surface area contributed by atoms with Crippen LogP contribution in [0.15, 0.2) is 154 Å². The average molecular weight is 673 g/mol. The Balaban J connectivity index is 1.94. The zero-order chi connectivity index (χ0) is 37.5. The zero-order valence-electron chi connectivity index (χ0n) is 34.5. The van der Waals surface area contributed by atoms with Gasteiger partial charge in [0.05, 0.1) is 0 Å². The molecule has 0 fully saturated rings. The summed E-state index contributed by atoms with van der Waals surface area (Å²) < 4.78 is 0. The van der Waals surface area contributed by atoms with Crippen LogP contribution in [0.5, 0.6) is 0 Å². The molecule has 0 heteroatoms. The van der Waals surface area contributed by atoms with Gasteiger partial charge in [0.15, 0.2) is 0 Å². The maximum absolute atomic E-state index is 2.47. The maximum atomic E-state index is 2.47. The third-order valence-corrected chi connectivity index (χ3v) is 11.1. The topological polar surface area (TPSA) is 0 Å². The van der Waals surface area contributed by atoms with Gasteiger partial charge in [0.1, 0.15) is 0 Å². The Labute approximate surface area is 310 Å². The summed E-state index contributed by atoms with van der Waals surface area (Å²) in [5.41, 5.74) is 11.3. The summed E-state index contributed by atoms with van der Waals surface area (Å²) >= 11 is 0. The Morgan fingerprint density at radius 1 is 0.520 bits per heavy atom. The molecule has 272 valence electrons. The first-order valence-corrected chi connectivity index (χ1v) is 19.1. The normalized spacial score (nSPS) is 25.2. The van der Waals surface area contributed by atoms with E-state index in [1.54, 1.807) is 0 Å². The molecule has 0 N–H and O–H groups in total. The fourth-order valence-corrected chi connectivity index (χ4v) is 7.39. The minimum Gasteiger partial charge on any atom is -0.0856 e. The summed E-state index contributed by atoms with van der Waals surface area (Å²) in [7, 11) is 0. The van der Waals surface area contributed by atoms with E-state index in [0.29, 0.717) is 23.7 Å². The van der Waals surface area contributed by atoms with Crippen molar-refractivity contribution in [1.82, 2.24) is 0 Å². The number of hydrogen-bond acceptors (Lipinski definition) is 0. The van der Waals surface area contributed by atoms with Crippen molar-refractivity contribution in [3.8, 4) is 0 Å². The molecule has 0 radical (unpaired) electrons. The van der Waals surface area contributed by atoms with Gasteiger partial charge in [-0.15, -0.1) is 0 Å². The van der Waals surface area contributed by atoms with Crippen molar-refractivity contribution < 1.29 is 0 Å². The molecule has 0 heterocycles. The van der Waals surface area contributed by atoms with E-state index in [9.17, 15) is 0 Å². The first-order chi connectivity index (χ1) is 23.4. The molecule has 50 heavy (non-hydrogen) atoms. The van der Waals surface area contributed by atoms with Crippen LogP contribution in [0.2, 0.25) is 0 Å². The quantitative estimate of drug-likeness (QED) is 0.127. The maximum Gasteiger partial charge on any atom is 0.00313 e. The molecule has 0 aromatic carbocycles. The van der Waals surface area contributed by atoms with Crippen molar-refractivity contribution >= 4 is 0 Å². The van der Waals surface area contributed by atoms with Crippen LogP contribution in [-0.2, 0) is 0 Å². The van der Waals surface area contributed by atoms with Crippen LogP contribution in [0, 0.1) is 34.5 Å². The van der Waals surface area contributed by atoms with Crippen molar-refractivity contribution in [3.05, 3.63) is 154 Å². The van der Waals surface area contributed by atoms with Crippen LogP contribution in [0.4, 0.5) is 0 Å². The molecule has 0 aliphatic heterocycles.